The van der Waals surface area contributed by atoms with Crippen LogP contribution in [0.25, 0.3) is 0 Å². The summed E-state index contributed by atoms with van der Waals surface area (Å²) in [4.78, 5) is 15.1. The molecule has 4 nitrogen and oxygen atoms in total. The Balaban J connectivity index is 1.77. The Bertz CT molecular complexity index is 405. The van der Waals surface area contributed by atoms with Gasteiger partial charge < -0.3 is 10.4 Å². The van der Waals surface area contributed by atoms with Gasteiger partial charge in [0.25, 0.3) is 0 Å². The summed E-state index contributed by atoms with van der Waals surface area (Å²) in [6, 6.07) is 2.23. The van der Waals surface area contributed by atoms with Gasteiger partial charge in [-0.3, -0.25) is 9.69 Å². The first-order chi connectivity index (χ1) is 8.70. The van der Waals surface area contributed by atoms with Gasteiger partial charge in [0.1, 0.15) is 0 Å². The fraction of sp³-hybridized carbons (Fsp3) is 0.615. The molecular formula is C13H20N2O2S. The van der Waals surface area contributed by atoms with Crippen LogP contribution in [0.4, 0.5) is 0 Å². The number of likely N-dealkylation sites (tertiary alicyclic amines) is 1. The predicted molar refractivity (Wildman–Crippen MR) is 72.6 cm³/mol. The number of hydrogen-bond donors (Lipinski definition) is 2. The molecule has 0 saturated carbocycles. The summed E-state index contributed by atoms with van der Waals surface area (Å²) in [5, 5.41) is 14.2. The number of nitrogens with zero attached hydrogens (tertiary/aromatic N) is 1. The number of hydrogen-bond acceptors (Lipinski definition) is 4. The van der Waals surface area contributed by atoms with Crippen molar-refractivity contribution in [1.82, 2.24) is 10.2 Å². The molecule has 0 radical (unpaired) electrons. The summed E-state index contributed by atoms with van der Waals surface area (Å²) in [5.41, 5.74) is 1.23. The first-order valence-electron chi connectivity index (χ1n) is 6.35. The Morgan fingerprint density at radius 3 is 3.17 bits per heavy atom. The van der Waals surface area contributed by atoms with Gasteiger partial charge in [0.05, 0.1) is 19.7 Å². The first kappa shape index (κ1) is 13.5. The van der Waals surface area contributed by atoms with Crippen LogP contribution in [-0.4, -0.2) is 41.7 Å². The van der Waals surface area contributed by atoms with Crippen molar-refractivity contribution < 1.29 is 9.90 Å². The molecule has 1 amide bonds. The number of thiophene rings is 1. The van der Waals surface area contributed by atoms with Gasteiger partial charge in [-0.2, -0.15) is 0 Å². The van der Waals surface area contributed by atoms with E-state index in [1.807, 2.05) is 5.38 Å². The second kappa shape index (κ2) is 6.31. The van der Waals surface area contributed by atoms with Crippen molar-refractivity contribution in [3.63, 3.8) is 0 Å². The number of carbonyl (C=O) groups is 1. The zero-order valence-corrected chi connectivity index (χ0v) is 11.5. The molecule has 100 valence electrons. The molecule has 2 N–H and O–H groups in total. The van der Waals surface area contributed by atoms with E-state index in [-0.39, 0.29) is 18.6 Å². The van der Waals surface area contributed by atoms with Gasteiger partial charge in [0.15, 0.2) is 0 Å². The number of rotatable bonds is 5. The van der Waals surface area contributed by atoms with Crippen LogP contribution in [0, 0.1) is 6.92 Å². The summed E-state index contributed by atoms with van der Waals surface area (Å²) in [5.74, 6) is 0.0446. The molecule has 5 heteroatoms. The van der Waals surface area contributed by atoms with Crippen molar-refractivity contribution in [3.05, 3.63) is 21.9 Å². The minimum atomic E-state index is 0.0446. The van der Waals surface area contributed by atoms with Crippen LogP contribution >= 0.6 is 11.3 Å². The third-order valence-electron chi connectivity index (χ3n) is 3.47. The quantitative estimate of drug-likeness (QED) is 0.841. The fourth-order valence-corrected chi connectivity index (χ4v) is 3.16. The standard InChI is InChI=1S/C13H20N2O2S/c1-10-4-6-18-12(10)7-14-13(17)8-15-5-2-3-11(15)9-16/h4,6,11,16H,2-3,5,7-9H2,1H3,(H,14,17)/t11-/m1/s1. The van der Waals surface area contributed by atoms with E-state index in [9.17, 15) is 9.90 Å². The third-order valence-corrected chi connectivity index (χ3v) is 4.49. The van der Waals surface area contributed by atoms with E-state index in [1.54, 1.807) is 11.3 Å². The monoisotopic (exact) mass is 268 g/mol. The average Bonchev–Trinajstić information content (AvgIpc) is 2.95. The van der Waals surface area contributed by atoms with E-state index >= 15 is 0 Å². The number of nitrogens with one attached hydrogen (secondary N) is 1. The second-order valence-electron chi connectivity index (χ2n) is 4.75. The van der Waals surface area contributed by atoms with Gasteiger partial charge >= 0.3 is 0 Å². The zero-order valence-electron chi connectivity index (χ0n) is 10.7. The summed E-state index contributed by atoms with van der Waals surface area (Å²) < 4.78 is 0. The molecule has 1 fully saturated rings. The highest BCUT2D eigenvalue weighted by Crippen LogP contribution is 2.16. The molecule has 18 heavy (non-hydrogen) atoms. The van der Waals surface area contributed by atoms with Gasteiger partial charge in [-0.05, 0) is 43.3 Å². The lowest BCUT2D eigenvalue weighted by molar-refractivity contribution is -0.122. The lowest BCUT2D eigenvalue weighted by Gasteiger charge is -2.21. The van der Waals surface area contributed by atoms with E-state index in [0.29, 0.717) is 13.1 Å². The van der Waals surface area contributed by atoms with E-state index in [0.717, 1.165) is 19.4 Å². The molecule has 0 aliphatic carbocycles. The number of aliphatic hydroxyl groups is 1. The van der Waals surface area contributed by atoms with Crippen molar-refractivity contribution in [3.8, 4) is 0 Å². The first-order valence-corrected chi connectivity index (χ1v) is 7.23. The molecular weight excluding hydrogens is 248 g/mol. The van der Waals surface area contributed by atoms with Crippen molar-refractivity contribution >= 4 is 17.2 Å². The van der Waals surface area contributed by atoms with Crippen molar-refractivity contribution in [1.29, 1.82) is 0 Å². The molecule has 1 aliphatic rings. The van der Waals surface area contributed by atoms with Crippen LogP contribution in [-0.2, 0) is 11.3 Å². The van der Waals surface area contributed by atoms with Crippen LogP contribution in [0.1, 0.15) is 23.3 Å². The van der Waals surface area contributed by atoms with E-state index in [2.05, 4.69) is 23.2 Å². The molecule has 1 aliphatic heterocycles. The van der Waals surface area contributed by atoms with Crippen LogP contribution in [0.5, 0.6) is 0 Å². The number of aliphatic hydroxyl groups excluding tert-OH is 1. The number of amides is 1. The molecule has 1 aromatic heterocycles. The van der Waals surface area contributed by atoms with Gasteiger partial charge in [-0.25, -0.2) is 0 Å². The number of aryl methyl sites for hydroxylation is 1. The second-order valence-corrected chi connectivity index (χ2v) is 5.75. The van der Waals surface area contributed by atoms with Crippen molar-refractivity contribution in [2.24, 2.45) is 0 Å². The fourth-order valence-electron chi connectivity index (χ4n) is 2.31. The highest BCUT2D eigenvalue weighted by Gasteiger charge is 2.25. The van der Waals surface area contributed by atoms with E-state index in [1.165, 1.54) is 10.4 Å². The minimum Gasteiger partial charge on any atom is -0.395 e. The number of carbonyl (C=O) groups excluding carboxylic acids is 1. The Morgan fingerprint density at radius 1 is 1.67 bits per heavy atom. The topological polar surface area (TPSA) is 52.6 Å². The van der Waals surface area contributed by atoms with Gasteiger partial charge in [-0.15, -0.1) is 11.3 Å². The summed E-state index contributed by atoms with van der Waals surface area (Å²) >= 11 is 1.67. The Morgan fingerprint density at radius 2 is 2.50 bits per heavy atom. The molecule has 0 aromatic carbocycles. The summed E-state index contributed by atoms with van der Waals surface area (Å²) in [7, 11) is 0. The minimum absolute atomic E-state index is 0.0446. The van der Waals surface area contributed by atoms with Gasteiger partial charge in [0.2, 0.25) is 5.91 Å². The SMILES string of the molecule is Cc1ccsc1CNC(=O)CN1CCC[C@@H]1CO. The van der Waals surface area contributed by atoms with Crippen LogP contribution in [0.3, 0.4) is 0 Å². The molecule has 1 atom stereocenters. The van der Waals surface area contributed by atoms with Crippen LogP contribution in [0.15, 0.2) is 11.4 Å². The molecule has 0 bridgehead atoms. The maximum absolute atomic E-state index is 11.8. The predicted octanol–water partition coefficient (Wildman–Crippen LogP) is 1.13. The van der Waals surface area contributed by atoms with E-state index in [4.69, 9.17) is 0 Å². The normalized spacial score (nSPS) is 20.2. The molecule has 0 spiro atoms. The highest BCUT2D eigenvalue weighted by atomic mass is 32.1. The molecule has 0 unspecified atom stereocenters. The Labute approximate surface area is 112 Å². The Hall–Kier alpha value is -0.910. The summed E-state index contributed by atoms with van der Waals surface area (Å²) in [6.07, 6.45) is 2.07. The van der Waals surface area contributed by atoms with Crippen molar-refractivity contribution in [2.45, 2.75) is 32.4 Å². The molecule has 1 saturated heterocycles. The Kier molecular flexibility index (Phi) is 4.74. The lowest BCUT2D eigenvalue weighted by atomic mass is 10.2. The average molecular weight is 268 g/mol. The van der Waals surface area contributed by atoms with Crippen LogP contribution in [0.2, 0.25) is 0 Å². The van der Waals surface area contributed by atoms with E-state index < -0.39 is 0 Å². The lowest BCUT2D eigenvalue weighted by Crippen LogP contribution is -2.40. The van der Waals surface area contributed by atoms with Gasteiger partial charge in [0, 0.05) is 10.9 Å². The van der Waals surface area contributed by atoms with Gasteiger partial charge in [-0.1, -0.05) is 0 Å². The van der Waals surface area contributed by atoms with Crippen molar-refractivity contribution in [2.75, 3.05) is 19.7 Å². The van der Waals surface area contributed by atoms with Crippen LogP contribution < -0.4 is 5.32 Å². The molecule has 2 rings (SSSR count). The zero-order chi connectivity index (χ0) is 13.0. The molecule has 2 heterocycles. The third kappa shape index (κ3) is 3.31. The largest absolute Gasteiger partial charge is 0.395 e. The highest BCUT2D eigenvalue weighted by molar-refractivity contribution is 7.10. The molecule has 1 aromatic rings. The maximum Gasteiger partial charge on any atom is 0.234 e. The summed E-state index contributed by atoms with van der Waals surface area (Å²) in [6.45, 7) is 4.13. The maximum atomic E-state index is 11.8. The smallest absolute Gasteiger partial charge is 0.234 e.